The number of halogens is 1. The van der Waals surface area contributed by atoms with Gasteiger partial charge in [-0.1, -0.05) is 18.5 Å². The summed E-state index contributed by atoms with van der Waals surface area (Å²) >= 11 is 6.11. The van der Waals surface area contributed by atoms with E-state index in [4.69, 9.17) is 16.7 Å². The van der Waals surface area contributed by atoms with Gasteiger partial charge in [-0.15, -0.1) is 0 Å². The van der Waals surface area contributed by atoms with E-state index in [9.17, 15) is 0 Å². The minimum absolute atomic E-state index is 0.232. The van der Waals surface area contributed by atoms with Crippen LogP contribution in [0.15, 0.2) is 30.5 Å². The fourth-order valence-electron chi connectivity index (χ4n) is 3.41. The summed E-state index contributed by atoms with van der Waals surface area (Å²) in [5.74, 6) is 0. The third-order valence-electron chi connectivity index (χ3n) is 4.82. The molecule has 0 aliphatic rings. The molecular formula is C20H30ClN3O. The smallest absolute Gasteiger partial charge is 0.0737 e. The second-order valence-corrected chi connectivity index (χ2v) is 6.86. The molecule has 138 valence electrons. The van der Waals surface area contributed by atoms with Crippen molar-refractivity contribution in [1.82, 2.24) is 9.88 Å². The predicted octanol–water partition coefficient (Wildman–Crippen LogP) is 4.20. The van der Waals surface area contributed by atoms with Crippen molar-refractivity contribution in [1.29, 1.82) is 0 Å². The van der Waals surface area contributed by atoms with E-state index in [1.165, 1.54) is 5.69 Å². The summed E-state index contributed by atoms with van der Waals surface area (Å²) in [5, 5.41) is 11.0. The van der Waals surface area contributed by atoms with Crippen molar-refractivity contribution < 1.29 is 5.11 Å². The molecule has 4 nitrogen and oxygen atoms in total. The lowest BCUT2D eigenvalue weighted by atomic mass is 10.1. The number of aliphatic hydroxyl groups is 1. The van der Waals surface area contributed by atoms with E-state index in [0.717, 1.165) is 54.9 Å². The van der Waals surface area contributed by atoms with Gasteiger partial charge in [-0.05, 0) is 64.0 Å². The Kier molecular flexibility index (Phi) is 7.94. The summed E-state index contributed by atoms with van der Waals surface area (Å²) in [6, 6.07) is 8.46. The van der Waals surface area contributed by atoms with Gasteiger partial charge in [0.1, 0.15) is 0 Å². The van der Waals surface area contributed by atoms with Gasteiger partial charge in [0.2, 0.25) is 0 Å². The lowest BCUT2D eigenvalue weighted by Gasteiger charge is -2.32. The topological polar surface area (TPSA) is 39.6 Å². The van der Waals surface area contributed by atoms with E-state index in [-0.39, 0.29) is 6.61 Å². The van der Waals surface area contributed by atoms with Crippen molar-refractivity contribution in [2.24, 2.45) is 0 Å². The maximum absolute atomic E-state index is 9.11. The number of rotatable bonds is 10. The van der Waals surface area contributed by atoms with Gasteiger partial charge >= 0.3 is 0 Å². The molecule has 1 unspecified atom stereocenters. The van der Waals surface area contributed by atoms with Crippen LogP contribution in [0.3, 0.4) is 0 Å². The first-order valence-corrected chi connectivity index (χ1v) is 9.62. The van der Waals surface area contributed by atoms with E-state index in [1.807, 2.05) is 18.3 Å². The van der Waals surface area contributed by atoms with Gasteiger partial charge < -0.3 is 14.9 Å². The highest BCUT2D eigenvalue weighted by atomic mass is 35.5. The van der Waals surface area contributed by atoms with Crippen LogP contribution < -0.4 is 4.90 Å². The Morgan fingerprint density at radius 2 is 1.96 bits per heavy atom. The fourth-order valence-corrected chi connectivity index (χ4v) is 3.58. The maximum Gasteiger partial charge on any atom is 0.0737 e. The lowest BCUT2D eigenvalue weighted by Crippen LogP contribution is -2.34. The number of pyridine rings is 1. The number of aromatic nitrogens is 1. The predicted molar refractivity (Wildman–Crippen MR) is 108 cm³/mol. The van der Waals surface area contributed by atoms with E-state index in [0.29, 0.717) is 6.04 Å². The third kappa shape index (κ3) is 5.30. The number of nitrogens with zero attached hydrogens (tertiary/aromatic N) is 3. The number of fused-ring (bicyclic) bond motifs is 1. The molecule has 0 spiro atoms. The van der Waals surface area contributed by atoms with Crippen molar-refractivity contribution >= 4 is 28.2 Å². The first kappa shape index (κ1) is 20.0. The molecule has 0 aliphatic carbocycles. The molecule has 1 aromatic heterocycles. The molecule has 0 saturated heterocycles. The van der Waals surface area contributed by atoms with Gasteiger partial charge in [0, 0.05) is 41.4 Å². The van der Waals surface area contributed by atoms with Crippen molar-refractivity contribution in [2.75, 3.05) is 37.7 Å². The number of hydrogen-bond acceptors (Lipinski definition) is 4. The average molecular weight is 364 g/mol. The highest BCUT2D eigenvalue weighted by Crippen LogP contribution is 2.29. The van der Waals surface area contributed by atoms with Crippen molar-refractivity contribution in [3.63, 3.8) is 0 Å². The van der Waals surface area contributed by atoms with Crippen LogP contribution in [0, 0.1) is 0 Å². The van der Waals surface area contributed by atoms with Gasteiger partial charge in [0.25, 0.3) is 0 Å². The molecule has 5 heteroatoms. The van der Waals surface area contributed by atoms with Gasteiger partial charge in [0.05, 0.1) is 12.1 Å². The zero-order valence-electron chi connectivity index (χ0n) is 15.6. The van der Waals surface area contributed by atoms with Gasteiger partial charge in [-0.3, -0.25) is 4.98 Å². The van der Waals surface area contributed by atoms with Crippen LogP contribution >= 0.6 is 11.6 Å². The van der Waals surface area contributed by atoms with E-state index >= 15 is 0 Å². The molecule has 2 aromatic rings. The van der Waals surface area contributed by atoms with Crippen molar-refractivity contribution in [3.8, 4) is 0 Å². The molecule has 25 heavy (non-hydrogen) atoms. The molecule has 0 saturated carbocycles. The zero-order chi connectivity index (χ0) is 18.2. The summed E-state index contributed by atoms with van der Waals surface area (Å²) < 4.78 is 0. The molecule has 0 bridgehead atoms. The van der Waals surface area contributed by atoms with Gasteiger partial charge in [0.15, 0.2) is 0 Å². The highest BCUT2D eigenvalue weighted by Gasteiger charge is 2.16. The second-order valence-electron chi connectivity index (χ2n) is 6.43. The number of likely N-dealkylation sites (N-methyl/N-ethyl adjacent to an activating group) is 1. The molecule has 0 radical (unpaired) electrons. The molecule has 0 amide bonds. The largest absolute Gasteiger partial charge is 0.395 e. The Bertz CT molecular complexity index is 664. The molecule has 0 aliphatic heterocycles. The quantitative estimate of drug-likeness (QED) is 0.686. The van der Waals surface area contributed by atoms with Crippen LogP contribution in [0.5, 0.6) is 0 Å². The second kappa shape index (κ2) is 9.95. The number of hydrogen-bond donors (Lipinski definition) is 1. The summed E-state index contributed by atoms with van der Waals surface area (Å²) in [7, 11) is 0. The van der Waals surface area contributed by atoms with Crippen LogP contribution in [0.2, 0.25) is 5.02 Å². The molecule has 0 fully saturated rings. The third-order valence-corrected chi connectivity index (χ3v) is 5.06. The van der Waals surface area contributed by atoms with Crippen molar-refractivity contribution in [3.05, 3.63) is 35.5 Å². The monoisotopic (exact) mass is 363 g/mol. The zero-order valence-corrected chi connectivity index (χ0v) is 16.3. The summed E-state index contributed by atoms with van der Waals surface area (Å²) in [5.41, 5.74) is 2.16. The van der Waals surface area contributed by atoms with Crippen molar-refractivity contribution in [2.45, 2.75) is 39.7 Å². The summed E-state index contributed by atoms with van der Waals surface area (Å²) in [4.78, 5) is 9.20. The van der Waals surface area contributed by atoms with Crippen LogP contribution in [-0.2, 0) is 0 Å². The standard InChI is InChI=1S/C20H30ClN3O/c1-4-23(13-14-25)12-6-7-16(3)24(5-2)20-10-11-22-19-15-17(21)8-9-18(19)20/h8-11,15-16,25H,4-7,12-14H2,1-3H3. The summed E-state index contributed by atoms with van der Waals surface area (Å²) in [6.45, 7) is 10.6. The molecule has 1 heterocycles. The first-order valence-electron chi connectivity index (χ1n) is 9.24. The van der Waals surface area contributed by atoms with Crippen LogP contribution in [0.1, 0.15) is 33.6 Å². The molecular weight excluding hydrogens is 334 g/mol. The lowest BCUT2D eigenvalue weighted by molar-refractivity contribution is 0.199. The van der Waals surface area contributed by atoms with Crippen LogP contribution in [0.25, 0.3) is 10.9 Å². The maximum atomic E-state index is 9.11. The Morgan fingerprint density at radius 1 is 1.16 bits per heavy atom. The average Bonchev–Trinajstić information content (AvgIpc) is 2.61. The Balaban J connectivity index is 2.08. The Morgan fingerprint density at radius 3 is 2.64 bits per heavy atom. The summed E-state index contributed by atoms with van der Waals surface area (Å²) in [6.07, 6.45) is 4.11. The van der Waals surface area contributed by atoms with E-state index in [2.05, 4.69) is 47.7 Å². The Hall–Kier alpha value is -1.36. The van der Waals surface area contributed by atoms with Gasteiger partial charge in [-0.25, -0.2) is 0 Å². The van der Waals surface area contributed by atoms with Crippen LogP contribution in [0.4, 0.5) is 5.69 Å². The number of anilines is 1. The molecule has 1 N–H and O–H groups in total. The Labute approximate surface area is 156 Å². The minimum Gasteiger partial charge on any atom is -0.395 e. The fraction of sp³-hybridized carbons (Fsp3) is 0.550. The number of aliphatic hydroxyl groups excluding tert-OH is 1. The number of benzene rings is 1. The molecule has 2 rings (SSSR count). The highest BCUT2D eigenvalue weighted by molar-refractivity contribution is 6.31. The minimum atomic E-state index is 0.232. The molecule has 1 aromatic carbocycles. The SMILES string of the molecule is CCN(CCO)CCCC(C)N(CC)c1ccnc2cc(Cl)ccc12. The van der Waals surface area contributed by atoms with Gasteiger partial charge in [-0.2, -0.15) is 0 Å². The van der Waals surface area contributed by atoms with E-state index in [1.54, 1.807) is 0 Å². The van der Waals surface area contributed by atoms with Crippen LogP contribution in [-0.4, -0.2) is 53.8 Å². The normalized spacial score (nSPS) is 12.7. The first-order chi connectivity index (χ1) is 12.1. The van der Waals surface area contributed by atoms with E-state index < -0.39 is 0 Å². The molecule has 1 atom stereocenters.